The van der Waals surface area contributed by atoms with E-state index in [1.54, 1.807) is 0 Å². The molecule has 90 valence electrons. The molecule has 0 amide bonds. The summed E-state index contributed by atoms with van der Waals surface area (Å²) in [6.45, 7) is 10.5. The van der Waals surface area contributed by atoms with Crippen molar-refractivity contribution in [2.45, 2.75) is 46.6 Å². The van der Waals surface area contributed by atoms with Gasteiger partial charge < -0.3 is 4.57 Å². The fourth-order valence-electron chi connectivity index (χ4n) is 2.21. The van der Waals surface area contributed by atoms with Gasteiger partial charge in [0, 0.05) is 22.5 Å². The molecule has 1 heterocycles. The lowest BCUT2D eigenvalue weighted by molar-refractivity contribution is 0.102. The molecule has 1 aromatic rings. The average molecular weight is 242 g/mol. The van der Waals surface area contributed by atoms with Crippen molar-refractivity contribution in [3.63, 3.8) is 0 Å². The smallest absolute Gasteiger partial charge is 0.179 e. The lowest BCUT2D eigenvalue weighted by atomic mass is 10.0. The van der Waals surface area contributed by atoms with Gasteiger partial charge in [0.1, 0.15) is 0 Å². The number of aromatic nitrogens is 1. The van der Waals surface area contributed by atoms with Crippen LogP contribution in [0.2, 0.25) is 0 Å². The summed E-state index contributed by atoms with van der Waals surface area (Å²) in [6, 6.07) is 1.94. The van der Waals surface area contributed by atoms with Gasteiger partial charge in [-0.3, -0.25) is 4.79 Å². The molecule has 0 N–H and O–H groups in total. The molecular weight excluding hydrogens is 222 g/mol. The Kier molecular flexibility index (Phi) is 3.84. The maximum Gasteiger partial charge on any atom is 0.179 e. The molecule has 0 atom stereocenters. The van der Waals surface area contributed by atoms with Crippen LogP contribution in [-0.4, -0.2) is 16.2 Å². The van der Waals surface area contributed by atoms with Crippen molar-refractivity contribution >= 4 is 17.4 Å². The zero-order valence-electron chi connectivity index (χ0n) is 10.7. The van der Waals surface area contributed by atoms with Crippen LogP contribution in [0.3, 0.4) is 0 Å². The Bertz CT molecular complexity index is 404. The Hall–Kier alpha value is -0.760. The predicted octanol–water partition coefficient (Wildman–Crippen LogP) is 3.67. The lowest BCUT2D eigenvalue weighted by Crippen LogP contribution is -2.27. The van der Waals surface area contributed by atoms with E-state index < -0.39 is 0 Å². The molecule has 3 heteroatoms. The number of carbonyl (C=O) groups is 1. The van der Waals surface area contributed by atoms with Crippen molar-refractivity contribution in [3.8, 4) is 0 Å². The summed E-state index contributed by atoms with van der Waals surface area (Å²) in [7, 11) is 0. The van der Waals surface area contributed by atoms with Crippen LogP contribution in [-0.2, 0) is 5.54 Å². The fraction of sp³-hybridized carbons (Fsp3) is 0.615. The van der Waals surface area contributed by atoms with Crippen molar-refractivity contribution in [1.82, 2.24) is 4.57 Å². The normalized spacial score (nSPS) is 11.9. The number of hydrogen-bond acceptors (Lipinski definition) is 1. The number of halogens is 1. The van der Waals surface area contributed by atoms with Crippen LogP contribution >= 0.6 is 11.6 Å². The van der Waals surface area contributed by atoms with Gasteiger partial charge in [-0.05, 0) is 40.2 Å². The number of nitrogens with zero attached hydrogens (tertiary/aromatic N) is 1. The highest BCUT2D eigenvalue weighted by molar-refractivity contribution is 6.30. The second-order valence-electron chi connectivity index (χ2n) is 4.84. The first-order valence-corrected chi connectivity index (χ1v) is 6.17. The van der Waals surface area contributed by atoms with E-state index in [9.17, 15) is 4.79 Å². The highest BCUT2D eigenvalue weighted by atomic mass is 35.5. The van der Waals surface area contributed by atoms with Crippen LogP contribution in [0.15, 0.2) is 6.07 Å². The van der Waals surface area contributed by atoms with Gasteiger partial charge in [-0.1, -0.05) is 6.92 Å². The third-order valence-corrected chi connectivity index (χ3v) is 3.57. The number of aryl methyl sites for hydroxylation is 1. The van der Waals surface area contributed by atoms with Crippen LogP contribution in [0.25, 0.3) is 0 Å². The molecule has 2 nitrogen and oxygen atoms in total. The summed E-state index contributed by atoms with van der Waals surface area (Å²) in [6.07, 6.45) is 1.03. The van der Waals surface area contributed by atoms with Crippen LogP contribution in [0, 0.1) is 13.8 Å². The van der Waals surface area contributed by atoms with E-state index in [4.69, 9.17) is 11.6 Å². The van der Waals surface area contributed by atoms with E-state index in [0.717, 1.165) is 23.4 Å². The second kappa shape index (κ2) is 4.62. The van der Waals surface area contributed by atoms with Gasteiger partial charge >= 0.3 is 0 Å². The molecule has 0 radical (unpaired) electrons. The Morgan fingerprint density at radius 1 is 1.44 bits per heavy atom. The first-order chi connectivity index (χ1) is 7.35. The first-order valence-electron chi connectivity index (χ1n) is 5.63. The minimum absolute atomic E-state index is 0.00733. The topological polar surface area (TPSA) is 22.0 Å². The maximum atomic E-state index is 11.7. The minimum atomic E-state index is 0.00733. The molecule has 16 heavy (non-hydrogen) atoms. The quantitative estimate of drug-likeness (QED) is 0.582. The number of carbonyl (C=O) groups excluding carboxylic acids is 1. The summed E-state index contributed by atoms with van der Waals surface area (Å²) in [5.41, 5.74) is 2.95. The first kappa shape index (κ1) is 13.3. The molecule has 0 unspecified atom stereocenters. The Labute approximate surface area is 103 Å². The van der Waals surface area contributed by atoms with Crippen molar-refractivity contribution in [2.75, 3.05) is 5.88 Å². The highest BCUT2D eigenvalue weighted by Crippen LogP contribution is 2.27. The van der Waals surface area contributed by atoms with Crippen LogP contribution in [0.4, 0.5) is 0 Å². The molecule has 0 fully saturated rings. The van der Waals surface area contributed by atoms with E-state index >= 15 is 0 Å². The monoisotopic (exact) mass is 241 g/mol. The predicted molar refractivity (Wildman–Crippen MR) is 68.6 cm³/mol. The van der Waals surface area contributed by atoms with Gasteiger partial charge in [-0.25, -0.2) is 0 Å². The molecule has 0 saturated heterocycles. The lowest BCUT2D eigenvalue weighted by Gasteiger charge is -2.29. The molecular formula is C13H20ClNO. The molecule has 0 aliphatic carbocycles. The van der Waals surface area contributed by atoms with Crippen molar-refractivity contribution < 1.29 is 4.79 Å². The number of alkyl halides is 1. The zero-order chi connectivity index (χ0) is 12.5. The summed E-state index contributed by atoms with van der Waals surface area (Å²) in [5, 5.41) is 0. The molecule has 1 aromatic heterocycles. The molecule has 0 aliphatic heterocycles. The highest BCUT2D eigenvalue weighted by Gasteiger charge is 2.24. The van der Waals surface area contributed by atoms with E-state index in [-0.39, 0.29) is 17.2 Å². The van der Waals surface area contributed by atoms with Gasteiger partial charge in [-0.15, -0.1) is 11.6 Å². The number of hydrogen-bond donors (Lipinski definition) is 0. The SMILES string of the molecule is CCC(C)(C)n1c(C)cc(C(=O)CCl)c1C. The van der Waals surface area contributed by atoms with Gasteiger partial charge in [0.15, 0.2) is 5.78 Å². The van der Waals surface area contributed by atoms with Gasteiger partial charge in [-0.2, -0.15) is 0 Å². The Morgan fingerprint density at radius 2 is 2.00 bits per heavy atom. The van der Waals surface area contributed by atoms with E-state index in [2.05, 4.69) is 25.3 Å². The molecule has 0 aromatic carbocycles. The number of ketones is 1. The maximum absolute atomic E-state index is 11.7. The molecule has 0 saturated carbocycles. The summed E-state index contributed by atoms with van der Waals surface area (Å²) < 4.78 is 2.23. The Balaban J connectivity index is 3.33. The van der Waals surface area contributed by atoms with E-state index in [1.807, 2.05) is 19.9 Å². The third-order valence-electron chi connectivity index (χ3n) is 3.32. The summed E-state index contributed by atoms with van der Waals surface area (Å²) in [5.74, 6) is 0.0598. The van der Waals surface area contributed by atoms with E-state index in [1.165, 1.54) is 0 Å². The van der Waals surface area contributed by atoms with Crippen molar-refractivity contribution in [1.29, 1.82) is 0 Å². The molecule has 0 spiro atoms. The fourth-order valence-corrected chi connectivity index (χ4v) is 2.35. The van der Waals surface area contributed by atoms with Gasteiger partial charge in [0.05, 0.1) is 5.88 Å². The van der Waals surface area contributed by atoms with Crippen LogP contribution in [0.5, 0.6) is 0 Å². The average Bonchev–Trinajstić information content (AvgIpc) is 2.53. The Morgan fingerprint density at radius 3 is 2.44 bits per heavy atom. The van der Waals surface area contributed by atoms with Gasteiger partial charge in [0.25, 0.3) is 0 Å². The van der Waals surface area contributed by atoms with E-state index in [0.29, 0.717) is 0 Å². The van der Waals surface area contributed by atoms with Crippen molar-refractivity contribution in [3.05, 3.63) is 23.0 Å². The standard InChI is InChI=1S/C13H20ClNO/c1-6-13(4,5)15-9(2)7-11(10(15)3)12(16)8-14/h7H,6,8H2,1-5H3. The zero-order valence-corrected chi connectivity index (χ0v) is 11.5. The van der Waals surface area contributed by atoms with Crippen LogP contribution < -0.4 is 0 Å². The molecule has 0 bridgehead atoms. The summed E-state index contributed by atoms with van der Waals surface area (Å²) >= 11 is 5.61. The van der Waals surface area contributed by atoms with Crippen molar-refractivity contribution in [2.24, 2.45) is 0 Å². The molecule has 1 rings (SSSR count). The van der Waals surface area contributed by atoms with Gasteiger partial charge in [0.2, 0.25) is 0 Å². The third kappa shape index (κ3) is 2.17. The number of Topliss-reactive ketones (excluding diaryl/α,β-unsaturated/α-hetero) is 1. The number of rotatable bonds is 4. The largest absolute Gasteiger partial charge is 0.343 e. The summed E-state index contributed by atoms with van der Waals surface area (Å²) in [4.78, 5) is 11.7. The minimum Gasteiger partial charge on any atom is -0.343 e. The second-order valence-corrected chi connectivity index (χ2v) is 5.11. The van der Waals surface area contributed by atoms with Crippen LogP contribution in [0.1, 0.15) is 48.9 Å². The molecule has 0 aliphatic rings.